The van der Waals surface area contributed by atoms with Crippen LogP contribution in [0, 0.1) is 5.82 Å². The Morgan fingerprint density at radius 1 is 1.41 bits per heavy atom. The zero-order valence-corrected chi connectivity index (χ0v) is 9.57. The fraction of sp³-hybridized carbons (Fsp3) is 0.167. The van der Waals surface area contributed by atoms with Gasteiger partial charge in [0.2, 0.25) is 0 Å². The number of anilines is 1. The summed E-state index contributed by atoms with van der Waals surface area (Å²) < 4.78 is 14.4. The minimum absolute atomic E-state index is 0.262. The van der Waals surface area contributed by atoms with Gasteiger partial charge >= 0.3 is 0 Å². The van der Waals surface area contributed by atoms with Crippen molar-refractivity contribution in [2.75, 3.05) is 12.4 Å². The summed E-state index contributed by atoms with van der Waals surface area (Å²) in [5.74, 6) is -0.372. The van der Waals surface area contributed by atoms with Gasteiger partial charge in [-0.15, -0.1) is 0 Å². The number of nitrogens with one attached hydrogen (secondary N) is 1. The predicted octanol–water partition coefficient (Wildman–Crippen LogP) is 1.63. The van der Waals surface area contributed by atoms with Crippen molar-refractivity contribution in [3.05, 3.63) is 46.6 Å². The van der Waals surface area contributed by atoms with Crippen molar-refractivity contribution in [1.82, 2.24) is 9.78 Å². The van der Waals surface area contributed by atoms with E-state index in [1.165, 1.54) is 16.8 Å². The van der Waals surface area contributed by atoms with E-state index in [2.05, 4.69) is 10.4 Å². The molecule has 0 aliphatic heterocycles. The maximum absolute atomic E-state index is 13.2. The third-order valence-corrected chi connectivity index (χ3v) is 2.52. The normalized spacial score (nSPS) is 10.3. The number of aromatic nitrogens is 2. The second kappa shape index (κ2) is 4.37. The monoisotopic (exact) mass is 233 g/mol. The summed E-state index contributed by atoms with van der Waals surface area (Å²) in [4.78, 5) is 12.0. The third-order valence-electron chi connectivity index (χ3n) is 2.52. The van der Waals surface area contributed by atoms with Gasteiger partial charge in [0.15, 0.2) is 0 Å². The molecule has 0 amide bonds. The van der Waals surface area contributed by atoms with E-state index in [9.17, 15) is 9.18 Å². The first kappa shape index (κ1) is 11.3. The van der Waals surface area contributed by atoms with E-state index in [1.807, 2.05) is 0 Å². The van der Waals surface area contributed by atoms with Crippen molar-refractivity contribution >= 4 is 5.69 Å². The molecule has 0 spiro atoms. The Hall–Kier alpha value is -2.17. The lowest BCUT2D eigenvalue weighted by atomic mass is 10.1. The largest absolute Gasteiger partial charge is 0.386 e. The molecule has 2 aromatic rings. The van der Waals surface area contributed by atoms with Gasteiger partial charge in [0.05, 0.1) is 17.4 Å². The fourth-order valence-electron chi connectivity index (χ4n) is 1.65. The molecule has 0 fully saturated rings. The van der Waals surface area contributed by atoms with Gasteiger partial charge in [-0.1, -0.05) is 12.1 Å². The Labute approximate surface area is 97.7 Å². The molecule has 1 aromatic carbocycles. The van der Waals surface area contributed by atoms with Gasteiger partial charge in [0.25, 0.3) is 5.56 Å². The van der Waals surface area contributed by atoms with Crippen molar-refractivity contribution in [3.63, 3.8) is 0 Å². The molecule has 0 aliphatic rings. The molecular formula is C12H12FN3O. The van der Waals surface area contributed by atoms with E-state index in [1.54, 1.807) is 32.4 Å². The highest BCUT2D eigenvalue weighted by atomic mass is 19.1. The molecule has 5 heteroatoms. The van der Waals surface area contributed by atoms with E-state index in [0.717, 1.165) is 0 Å². The first-order valence-electron chi connectivity index (χ1n) is 5.13. The third kappa shape index (κ3) is 2.04. The van der Waals surface area contributed by atoms with Crippen LogP contribution >= 0.6 is 0 Å². The Balaban J connectivity index is 2.74. The number of aryl methyl sites for hydroxylation is 1. The van der Waals surface area contributed by atoms with Crippen LogP contribution in [0.2, 0.25) is 0 Å². The maximum atomic E-state index is 13.2. The minimum atomic E-state index is -0.372. The summed E-state index contributed by atoms with van der Waals surface area (Å²) in [5.41, 5.74) is 1.28. The quantitative estimate of drug-likeness (QED) is 0.857. The Morgan fingerprint density at radius 2 is 2.18 bits per heavy atom. The van der Waals surface area contributed by atoms with E-state index in [0.29, 0.717) is 16.8 Å². The summed E-state index contributed by atoms with van der Waals surface area (Å²) in [7, 11) is 3.25. The van der Waals surface area contributed by atoms with Crippen LogP contribution in [0.3, 0.4) is 0 Å². The highest BCUT2D eigenvalue weighted by Gasteiger charge is 2.11. The van der Waals surface area contributed by atoms with Gasteiger partial charge in [-0.05, 0) is 17.7 Å². The molecule has 0 aliphatic carbocycles. The van der Waals surface area contributed by atoms with E-state index in [4.69, 9.17) is 0 Å². The summed E-state index contributed by atoms with van der Waals surface area (Å²) >= 11 is 0. The summed E-state index contributed by atoms with van der Waals surface area (Å²) in [6.07, 6.45) is 1.54. The topological polar surface area (TPSA) is 46.9 Å². The standard InChI is InChI=1S/C12H12FN3O/c1-14-10-7-15-16(2)12(17)11(10)8-4-3-5-9(13)6-8/h3-7,14H,1-2H3. The van der Waals surface area contributed by atoms with Crippen LogP contribution < -0.4 is 10.9 Å². The molecule has 0 unspecified atom stereocenters. The molecule has 17 heavy (non-hydrogen) atoms. The molecule has 1 N–H and O–H groups in total. The van der Waals surface area contributed by atoms with Crippen LogP contribution in [0.1, 0.15) is 0 Å². The highest BCUT2D eigenvalue weighted by molar-refractivity contribution is 5.76. The molecule has 0 saturated carbocycles. The van der Waals surface area contributed by atoms with Crippen molar-refractivity contribution in [1.29, 1.82) is 0 Å². The molecule has 0 bridgehead atoms. The highest BCUT2D eigenvalue weighted by Crippen LogP contribution is 2.23. The Morgan fingerprint density at radius 3 is 2.82 bits per heavy atom. The lowest BCUT2D eigenvalue weighted by Gasteiger charge is -2.09. The predicted molar refractivity (Wildman–Crippen MR) is 64.4 cm³/mol. The van der Waals surface area contributed by atoms with Crippen LogP contribution in [-0.2, 0) is 7.05 Å². The smallest absolute Gasteiger partial charge is 0.276 e. The number of hydrogen-bond acceptors (Lipinski definition) is 3. The molecule has 88 valence electrons. The second-order valence-electron chi connectivity index (χ2n) is 3.62. The van der Waals surface area contributed by atoms with Crippen molar-refractivity contribution in [2.24, 2.45) is 7.05 Å². The molecule has 0 saturated heterocycles. The number of rotatable bonds is 2. The number of nitrogens with zero attached hydrogens (tertiary/aromatic N) is 2. The first-order chi connectivity index (χ1) is 8.13. The zero-order chi connectivity index (χ0) is 12.4. The lowest BCUT2D eigenvalue weighted by molar-refractivity contribution is 0.628. The van der Waals surface area contributed by atoms with E-state index in [-0.39, 0.29) is 11.4 Å². The molecule has 4 nitrogen and oxygen atoms in total. The number of benzene rings is 1. The van der Waals surface area contributed by atoms with E-state index >= 15 is 0 Å². The molecule has 1 aromatic heterocycles. The van der Waals surface area contributed by atoms with Gasteiger partial charge in [-0.2, -0.15) is 5.10 Å². The van der Waals surface area contributed by atoms with Crippen LogP contribution in [0.15, 0.2) is 35.3 Å². The average Bonchev–Trinajstić information content (AvgIpc) is 2.32. The fourth-order valence-corrected chi connectivity index (χ4v) is 1.65. The molecule has 0 atom stereocenters. The Kier molecular flexibility index (Phi) is 2.91. The van der Waals surface area contributed by atoms with Crippen molar-refractivity contribution in [3.8, 4) is 11.1 Å². The average molecular weight is 233 g/mol. The van der Waals surface area contributed by atoms with E-state index < -0.39 is 0 Å². The van der Waals surface area contributed by atoms with Crippen LogP contribution in [0.5, 0.6) is 0 Å². The van der Waals surface area contributed by atoms with Crippen molar-refractivity contribution < 1.29 is 4.39 Å². The maximum Gasteiger partial charge on any atom is 0.276 e. The van der Waals surface area contributed by atoms with Gasteiger partial charge in [-0.3, -0.25) is 4.79 Å². The molecule has 1 heterocycles. The molecule has 2 rings (SSSR count). The number of hydrogen-bond donors (Lipinski definition) is 1. The summed E-state index contributed by atoms with van der Waals surface area (Å²) in [6, 6.07) is 5.94. The second-order valence-corrected chi connectivity index (χ2v) is 3.62. The Bertz CT molecular complexity index is 607. The lowest BCUT2D eigenvalue weighted by Crippen LogP contribution is -2.22. The summed E-state index contributed by atoms with van der Waals surface area (Å²) in [6.45, 7) is 0. The van der Waals surface area contributed by atoms with Gasteiger partial charge in [0, 0.05) is 14.1 Å². The van der Waals surface area contributed by atoms with Crippen LogP contribution in [-0.4, -0.2) is 16.8 Å². The minimum Gasteiger partial charge on any atom is -0.386 e. The number of halogens is 1. The SMILES string of the molecule is CNc1cnn(C)c(=O)c1-c1cccc(F)c1. The van der Waals surface area contributed by atoms with Gasteiger partial charge in [-0.25, -0.2) is 9.07 Å². The zero-order valence-electron chi connectivity index (χ0n) is 9.57. The van der Waals surface area contributed by atoms with Gasteiger partial charge < -0.3 is 5.32 Å². The van der Waals surface area contributed by atoms with Crippen LogP contribution in [0.25, 0.3) is 11.1 Å². The summed E-state index contributed by atoms with van der Waals surface area (Å²) in [5, 5.41) is 6.79. The molecular weight excluding hydrogens is 221 g/mol. The molecule has 0 radical (unpaired) electrons. The van der Waals surface area contributed by atoms with Crippen molar-refractivity contribution in [2.45, 2.75) is 0 Å². The van der Waals surface area contributed by atoms with Gasteiger partial charge in [0.1, 0.15) is 5.82 Å². The van der Waals surface area contributed by atoms with Crippen LogP contribution in [0.4, 0.5) is 10.1 Å². The first-order valence-corrected chi connectivity index (χ1v) is 5.13.